The van der Waals surface area contributed by atoms with Crippen molar-refractivity contribution in [3.8, 4) is 0 Å². The number of nitrogens with zero attached hydrogens (tertiary/aromatic N) is 2. The van der Waals surface area contributed by atoms with Crippen LogP contribution in [0, 0.1) is 13.8 Å². The van der Waals surface area contributed by atoms with Gasteiger partial charge in [0.25, 0.3) is 0 Å². The van der Waals surface area contributed by atoms with E-state index in [1.54, 1.807) is 10.7 Å². The summed E-state index contributed by atoms with van der Waals surface area (Å²) in [6.45, 7) is 4.06. The highest BCUT2D eigenvalue weighted by atomic mass is 32.2. The molecule has 2 heterocycles. The second kappa shape index (κ2) is 6.19. The number of hydrogen-bond acceptors (Lipinski definition) is 5. The molecule has 0 atom stereocenters. The van der Waals surface area contributed by atoms with Crippen LogP contribution in [0.25, 0.3) is 0 Å². The third-order valence-corrected chi connectivity index (χ3v) is 5.90. The van der Waals surface area contributed by atoms with Gasteiger partial charge in [-0.15, -0.1) is 11.3 Å². The second-order valence-corrected chi connectivity index (χ2v) is 7.95. The summed E-state index contributed by atoms with van der Waals surface area (Å²) in [4.78, 5) is 12.8. The lowest BCUT2D eigenvalue weighted by Crippen LogP contribution is -2.24. The van der Waals surface area contributed by atoms with Gasteiger partial charge in [-0.3, -0.25) is 9.48 Å². The van der Waals surface area contributed by atoms with Gasteiger partial charge in [0, 0.05) is 23.2 Å². The molecule has 0 aromatic carbocycles. The minimum absolute atomic E-state index is 0.0932. The van der Waals surface area contributed by atoms with Crippen molar-refractivity contribution in [3.63, 3.8) is 0 Å². The van der Waals surface area contributed by atoms with Crippen LogP contribution >= 0.6 is 11.3 Å². The van der Waals surface area contributed by atoms with Crippen molar-refractivity contribution in [2.45, 2.75) is 31.0 Å². The fourth-order valence-electron chi connectivity index (χ4n) is 2.09. The number of primary sulfonamides is 1. The zero-order valence-electron chi connectivity index (χ0n) is 12.6. The third kappa shape index (κ3) is 3.73. The van der Waals surface area contributed by atoms with E-state index in [9.17, 15) is 13.2 Å². The van der Waals surface area contributed by atoms with Crippen molar-refractivity contribution in [2.24, 2.45) is 12.2 Å². The van der Waals surface area contributed by atoms with E-state index in [1.807, 2.05) is 20.9 Å². The smallest absolute Gasteiger partial charge is 0.247 e. The highest BCUT2D eigenvalue weighted by molar-refractivity contribution is 7.91. The number of carbonyl (C=O) groups is 1. The number of nitrogens with two attached hydrogens (primary N) is 1. The molecule has 3 N–H and O–H groups in total. The van der Waals surface area contributed by atoms with Gasteiger partial charge in [-0.25, -0.2) is 13.6 Å². The number of aromatic nitrogens is 2. The van der Waals surface area contributed by atoms with Gasteiger partial charge in [-0.05, 0) is 26.0 Å². The zero-order chi connectivity index (χ0) is 16.5. The van der Waals surface area contributed by atoms with Gasteiger partial charge in [-0.1, -0.05) is 0 Å². The largest absolute Gasteiger partial charge is 0.351 e. The molecular formula is C13H18N4O3S2. The molecule has 0 bridgehead atoms. The van der Waals surface area contributed by atoms with Crippen molar-refractivity contribution >= 4 is 27.3 Å². The Morgan fingerprint density at radius 1 is 1.41 bits per heavy atom. The number of thiophene rings is 1. The van der Waals surface area contributed by atoms with E-state index in [4.69, 9.17) is 5.14 Å². The maximum absolute atomic E-state index is 12.0. The molecule has 22 heavy (non-hydrogen) atoms. The van der Waals surface area contributed by atoms with E-state index < -0.39 is 10.0 Å². The van der Waals surface area contributed by atoms with Crippen LogP contribution < -0.4 is 10.5 Å². The minimum Gasteiger partial charge on any atom is -0.351 e. The summed E-state index contributed by atoms with van der Waals surface area (Å²) in [7, 11) is -1.85. The molecule has 0 radical (unpaired) electrons. The predicted octanol–water partition coefficient (Wildman–Crippen LogP) is 0.605. The summed E-state index contributed by atoms with van der Waals surface area (Å²) in [6.07, 6.45) is 0.249. The molecule has 0 aliphatic heterocycles. The van der Waals surface area contributed by atoms with Gasteiger partial charge in [0.1, 0.15) is 4.21 Å². The van der Waals surface area contributed by atoms with E-state index in [0.717, 1.165) is 33.2 Å². The first kappa shape index (κ1) is 16.7. The summed E-state index contributed by atoms with van der Waals surface area (Å²) in [5, 5.41) is 12.1. The summed E-state index contributed by atoms with van der Waals surface area (Å²) >= 11 is 1.05. The first-order valence-electron chi connectivity index (χ1n) is 6.55. The summed E-state index contributed by atoms with van der Waals surface area (Å²) in [5.74, 6) is -0.134. The number of carbonyl (C=O) groups excluding carboxylic acids is 1. The average Bonchev–Trinajstić information content (AvgIpc) is 2.97. The Balaban J connectivity index is 1.97. The van der Waals surface area contributed by atoms with Crippen LogP contribution in [-0.4, -0.2) is 24.1 Å². The Morgan fingerprint density at radius 2 is 2.09 bits per heavy atom. The fraction of sp³-hybridized carbons (Fsp3) is 0.385. The molecule has 1 amide bonds. The van der Waals surface area contributed by atoms with Gasteiger partial charge < -0.3 is 5.32 Å². The Kier molecular flexibility index (Phi) is 4.69. The third-order valence-electron chi connectivity index (χ3n) is 3.37. The highest BCUT2D eigenvalue weighted by Gasteiger charge is 2.14. The van der Waals surface area contributed by atoms with Crippen molar-refractivity contribution < 1.29 is 13.2 Å². The molecule has 120 valence electrons. The van der Waals surface area contributed by atoms with Gasteiger partial charge >= 0.3 is 0 Å². The molecule has 0 saturated carbocycles. The first-order chi connectivity index (χ1) is 10.2. The Bertz CT molecular complexity index is 805. The number of rotatable bonds is 5. The lowest BCUT2D eigenvalue weighted by atomic mass is 10.1. The highest BCUT2D eigenvalue weighted by Crippen LogP contribution is 2.20. The molecule has 0 unspecified atom stereocenters. The minimum atomic E-state index is -3.68. The molecule has 0 aliphatic rings. The SMILES string of the molecule is Cc1nn(C)c(C)c1CC(=O)NCc1ccc(S(N)(=O)=O)s1. The van der Waals surface area contributed by atoms with Gasteiger partial charge in [0.2, 0.25) is 15.9 Å². The lowest BCUT2D eigenvalue weighted by molar-refractivity contribution is -0.120. The standard InChI is InChI=1S/C13H18N4O3S2/c1-8-11(9(2)17(3)16-8)6-12(18)15-7-10-4-5-13(21-10)22(14,19)20/h4-5H,6-7H2,1-3H3,(H,15,18)(H2,14,19,20). The molecule has 2 aromatic rings. The lowest BCUT2D eigenvalue weighted by Gasteiger charge is -2.04. The van der Waals surface area contributed by atoms with Crippen LogP contribution in [0.3, 0.4) is 0 Å². The number of sulfonamides is 1. The first-order valence-corrected chi connectivity index (χ1v) is 8.92. The molecule has 2 aromatic heterocycles. The maximum Gasteiger partial charge on any atom is 0.247 e. The molecule has 7 nitrogen and oxygen atoms in total. The maximum atomic E-state index is 12.0. The van der Waals surface area contributed by atoms with Gasteiger partial charge in [0.15, 0.2) is 0 Å². The molecule has 0 fully saturated rings. The van der Waals surface area contributed by atoms with Crippen LogP contribution in [0.4, 0.5) is 0 Å². The Labute approximate surface area is 133 Å². The molecular weight excluding hydrogens is 324 g/mol. The molecule has 0 spiro atoms. The summed E-state index contributed by atoms with van der Waals surface area (Å²) in [6, 6.07) is 3.09. The van der Waals surface area contributed by atoms with Crippen LogP contribution in [0.2, 0.25) is 0 Å². The quantitative estimate of drug-likeness (QED) is 0.830. The number of nitrogens with one attached hydrogen (secondary N) is 1. The van der Waals surface area contributed by atoms with Crippen LogP contribution in [0.5, 0.6) is 0 Å². The monoisotopic (exact) mass is 342 g/mol. The van der Waals surface area contributed by atoms with E-state index >= 15 is 0 Å². The molecule has 2 rings (SSSR count). The molecule has 0 aliphatic carbocycles. The van der Waals surface area contributed by atoms with E-state index in [-0.39, 0.29) is 23.1 Å². The van der Waals surface area contributed by atoms with E-state index in [0.29, 0.717) is 0 Å². The second-order valence-electron chi connectivity index (χ2n) is 4.99. The van der Waals surface area contributed by atoms with Crippen LogP contribution in [-0.2, 0) is 34.8 Å². The molecule has 0 saturated heterocycles. The predicted molar refractivity (Wildman–Crippen MR) is 83.9 cm³/mol. The summed E-state index contributed by atoms with van der Waals surface area (Å²) < 4.78 is 24.2. The zero-order valence-corrected chi connectivity index (χ0v) is 14.2. The van der Waals surface area contributed by atoms with Crippen molar-refractivity contribution in [1.29, 1.82) is 0 Å². The van der Waals surface area contributed by atoms with Crippen molar-refractivity contribution in [2.75, 3.05) is 0 Å². The van der Waals surface area contributed by atoms with E-state index in [2.05, 4.69) is 10.4 Å². The molecule has 9 heteroatoms. The van der Waals surface area contributed by atoms with Crippen molar-refractivity contribution in [1.82, 2.24) is 15.1 Å². The van der Waals surface area contributed by atoms with Crippen LogP contribution in [0.15, 0.2) is 16.3 Å². The number of aryl methyl sites for hydroxylation is 2. The van der Waals surface area contributed by atoms with E-state index in [1.165, 1.54) is 6.07 Å². The van der Waals surface area contributed by atoms with Gasteiger partial charge in [-0.2, -0.15) is 5.10 Å². The number of hydrogen-bond donors (Lipinski definition) is 2. The van der Waals surface area contributed by atoms with Gasteiger partial charge in [0.05, 0.1) is 18.7 Å². The van der Waals surface area contributed by atoms with Crippen LogP contribution in [0.1, 0.15) is 21.8 Å². The topological polar surface area (TPSA) is 107 Å². The van der Waals surface area contributed by atoms with Crippen molar-refractivity contribution in [3.05, 3.63) is 34.0 Å². The normalized spacial score (nSPS) is 11.6. The Morgan fingerprint density at radius 3 is 2.59 bits per heavy atom. The summed E-state index contributed by atoms with van der Waals surface area (Å²) in [5.41, 5.74) is 2.71. The average molecular weight is 342 g/mol. The Hall–Kier alpha value is -1.71. The fourth-order valence-corrected chi connectivity index (χ4v) is 3.81. The number of amides is 1.